The largest absolute Gasteiger partial charge is 0.491 e. The summed E-state index contributed by atoms with van der Waals surface area (Å²) in [5, 5.41) is 1.06. The van der Waals surface area contributed by atoms with Crippen LogP contribution in [0.25, 0.3) is 0 Å². The third-order valence-corrected chi connectivity index (χ3v) is 2.43. The van der Waals surface area contributed by atoms with E-state index in [2.05, 4.69) is 34.1 Å². The van der Waals surface area contributed by atoms with E-state index >= 15 is 0 Å². The van der Waals surface area contributed by atoms with Crippen molar-refractivity contribution < 1.29 is 4.74 Å². The first-order valence-electron chi connectivity index (χ1n) is 5.04. The van der Waals surface area contributed by atoms with E-state index in [0.29, 0.717) is 0 Å². The molecule has 0 spiro atoms. The summed E-state index contributed by atoms with van der Waals surface area (Å²) >= 11 is 3.43. The lowest BCUT2D eigenvalue weighted by Crippen LogP contribution is -2.05. The molecule has 0 aliphatic heterocycles. The first-order valence-corrected chi connectivity index (χ1v) is 6.16. The smallest absolute Gasteiger partial charge is 0.119 e. The summed E-state index contributed by atoms with van der Waals surface area (Å²) in [5.74, 6) is 0.979. The average Bonchev–Trinajstić information content (AvgIpc) is 2.14. The van der Waals surface area contributed by atoms with Gasteiger partial charge in [-0.25, -0.2) is 0 Å². The minimum absolute atomic E-state index is 0.251. The fraction of sp³-hybridized carbons (Fsp3) is 0.500. The summed E-state index contributed by atoms with van der Waals surface area (Å²) < 4.78 is 5.62. The second kappa shape index (κ2) is 6.07. The molecule has 0 aliphatic carbocycles. The predicted octanol–water partition coefficient (Wildman–Crippen LogP) is 3.80. The fourth-order valence-corrected chi connectivity index (χ4v) is 1.60. The number of aryl methyl sites for hydroxylation is 1. The Morgan fingerprint density at radius 2 is 2.14 bits per heavy atom. The van der Waals surface area contributed by atoms with Gasteiger partial charge in [-0.15, -0.1) is 0 Å². The van der Waals surface area contributed by atoms with Crippen molar-refractivity contribution in [1.29, 1.82) is 0 Å². The van der Waals surface area contributed by atoms with E-state index in [0.717, 1.165) is 17.5 Å². The van der Waals surface area contributed by atoms with Crippen molar-refractivity contribution in [3.63, 3.8) is 0 Å². The molecule has 78 valence electrons. The molecule has 0 unspecified atom stereocenters. The number of hydrogen-bond acceptors (Lipinski definition) is 1. The molecule has 14 heavy (non-hydrogen) atoms. The van der Waals surface area contributed by atoms with Crippen LogP contribution in [-0.4, -0.2) is 11.4 Å². The molecule has 0 bridgehead atoms. The molecule has 0 heterocycles. The first-order chi connectivity index (χ1) is 6.72. The van der Waals surface area contributed by atoms with Crippen LogP contribution in [0.15, 0.2) is 24.3 Å². The lowest BCUT2D eigenvalue weighted by atomic mass is 10.1. The predicted molar refractivity (Wildman–Crippen MR) is 64.3 cm³/mol. The Bertz CT molecular complexity index is 271. The summed E-state index contributed by atoms with van der Waals surface area (Å²) in [7, 11) is 0. The van der Waals surface area contributed by atoms with Crippen LogP contribution in [0.4, 0.5) is 0 Å². The lowest BCUT2D eigenvalue weighted by molar-refractivity contribution is 0.242. The molecule has 1 aromatic rings. The van der Waals surface area contributed by atoms with Gasteiger partial charge >= 0.3 is 0 Å². The molecule has 0 aromatic heterocycles. The van der Waals surface area contributed by atoms with Crippen molar-refractivity contribution in [3.8, 4) is 5.75 Å². The zero-order valence-corrected chi connectivity index (χ0v) is 10.4. The molecule has 0 amide bonds. The quantitative estimate of drug-likeness (QED) is 0.729. The van der Waals surface area contributed by atoms with E-state index < -0.39 is 0 Å². The van der Waals surface area contributed by atoms with Crippen molar-refractivity contribution in [1.82, 2.24) is 0 Å². The topological polar surface area (TPSA) is 9.23 Å². The van der Waals surface area contributed by atoms with Gasteiger partial charge < -0.3 is 4.74 Å². The van der Waals surface area contributed by atoms with Gasteiger partial charge in [0.1, 0.15) is 5.75 Å². The van der Waals surface area contributed by atoms with E-state index in [4.69, 9.17) is 4.74 Å². The van der Waals surface area contributed by atoms with Crippen LogP contribution < -0.4 is 4.74 Å². The van der Waals surface area contributed by atoms with Crippen molar-refractivity contribution in [3.05, 3.63) is 29.8 Å². The van der Waals surface area contributed by atoms with Gasteiger partial charge in [-0.2, -0.15) is 0 Å². The Kier molecular flexibility index (Phi) is 5.02. The molecule has 0 fully saturated rings. The first kappa shape index (κ1) is 11.6. The maximum Gasteiger partial charge on any atom is 0.119 e. The second-order valence-corrected chi connectivity index (χ2v) is 4.40. The molecule has 0 N–H and O–H groups in total. The van der Waals surface area contributed by atoms with E-state index in [-0.39, 0.29) is 6.10 Å². The maximum absolute atomic E-state index is 5.62. The molecular formula is C12H17BrO. The van der Waals surface area contributed by atoms with E-state index in [1.165, 1.54) is 12.0 Å². The van der Waals surface area contributed by atoms with E-state index in [1.807, 2.05) is 19.9 Å². The molecule has 0 saturated carbocycles. The van der Waals surface area contributed by atoms with Gasteiger partial charge in [0.2, 0.25) is 0 Å². The van der Waals surface area contributed by atoms with Gasteiger partial charge in [0.15, 0.2) is 0 Å². The van der Waals surface area contributed by atoms with Crippen LogP contribution in [0.3, 0.4) is 0 Å². The Morgan fingerprint density at radius 3 is 2.79 bits per heavy atom. The third-order valence-electron chi connectivity index (χ3n) is 1.87. The Labute approximate surface area is 94.6 Å². The van der Waals surface area contributed by atoms with Gasteiger partial charge in [0.05, 0.1) is 6.10 Å². The lowest BCUT2D eigenvalue weighted by Gasteiger charge is -2.10. The standard InChI is InChI=1S/C12H17BrO/c1-10(2)14-12-7-3-5-11(9-12)6-4-8-13/h3,5,7,9-10H,4,6,8H2,1-2H3. The van der Waals surface area contributed by atoms with E-state index in [9.17, 15) is 0 Å². The fourth-order valence-electron chi connectivity index (χ4n) is 1.32. The Morgan fingerprint density at radius 1 is 1.36 bits per heavy atom. The normalized spacial score (nSPS) is 10.6. The summed E-state index contributed by atoms with van der Waals surface area (Å²) in [6.07, 6.45) is 2.53. The SMILES string of the molecule is CC(C)Oc1cccc(CCCBr)c1. The molecular weight excluding hydrogens is 240 g/mol. The molecule has 1 rings (SSSR count). The Hall–Kier alpha value is -0.500. The highest BCUT2D eigenvalue weighted by Crippen LogP contribution is 2.16. The highest BCUT2D eigenvalue weighted by atomic mass is 79.9. The molecule has 0 radical (unpaired) electrons. The van der Waals surface area contributed by atoms with Crippen molar-refractivity contribution in [2.45, 2.75) is 32.8 Å². The van der Waals surface area contributed by atoms with Gasteiger partial charge in [0.25, 0.3) is 0 Å². The van der Waals surface area contributed by atoms with Crippen LogP contribution in [0, 0.1) is 0 Å². The number of rotatable bonds is 5. The molecule has 0 atom stereocenters. The van der Waals surface area contributed by atoms with Crippen LogP contribution >= 0.6 is 15.9 Å². The third kappa shape index (κ3) is 4.14. The van der Waals surface area contributed by atoms with Gasteiger partial charge in [-0.1, -0.05) is 28.1 Å². The zero-order chi connectivity index (χ0) is 10.4. The highest BCUT2D eigenvalue weighted by Gasteiger charge is 1.98. The van der Waals surface area contributed by atoms with Crippen LogP contribution in [-0.2, 0) is 6.42 Å². The number of halogens is 1. The van der Waals surface area contributed by atoms with Crippen LogP contribution in [0.5, 0.6) is 5.75 Å². The number of alkyl halides is 1. The molecule has 0 aliphatic rings. The summed E-state index contributed by atoms with van der Waals surface area (Å²) in [6.45, 7) is 4.09. The molecule has 1 nitrogen and oxygen atoms in total. The minimum Gasteiger partial charge on any atom is -0.491 e. The molecule has 2 heteroatoms. The summed E-state index contributed by atoms with van der Waals surface area (Å²) in [6, 6.07) is 8.34. The van der Waals surface area contributed by atoms with Crippen LogP contribution in [0.1, 0.15) is 25.8 Å². The van der Waals surface area contributed by atoms with Crippen molar-refractivity contribution >= 4 is 15.9 Å². The number of ether oxygens (including phenoxy) is 1. The highest BCUT2D eigenvalue weighted by molar-refractivity contribution is 9.09. The maximum atomic E-state index is 5.62. The van der Waals surface area contributed by atoms with Gasteiger partial charge in [0, 0.05) is 5.33 Å². The van der Waals surface area contributed by atoms with Crippen LogP contribution in [0.2, 0.25) is 0 Å². The number of benzene rings is 1. The zero-order valence-electron chi connectivity index (χ0n) is 8.79. The monoisotopic (exact) mass is 256 g/mol. The average molecular weight is 257 g/mol. The van der Waals surface area contributed by atoms with Gasteiger partial charge in [-0.3, -0.25) is 0 Å². The van der Waals surface area contributed by atoms with Gasteiger partial charge in [-0.05, 0) is 44.4 Å². The van der Waals surface area contributed by atoms with E-state index in [1.54, 1.807) is 0 Å². The number of hydrogen-bond donors (Lipinski definition) is 0. The van der Waals surface area contributed by atoms with Crippen molar-refractivity contribution in [2.75, 3.05) is 5.33 Å². The minimum atomic E-state index is 0.251. The van der Waals surface area contributed by atoms with Crippen molar-refractivity contribution in [2.24, 2.45) is 0 Å². The molecule has 1 aromatic carbocycles. The summed E-state index contributed by atoms with van der Waals surface area (Å²) in [4.78, 5) is 0. The summed E-state index contributed by atoms with van der Waals surface area (Å²) in [5.41, 5.74) is 1.35. The second-order valence-electron chi connectivity index (χ2n) is 3.61. The molecule has 0 saturated heterocycles. The Balaban J connectivity index is 2.59.